The molecule has 3 unspecified atom stereocenters. The number of pyridine rings is 1. The van der Waals surface area contributed by atoms with Gasteiger partial charge in [-0.3, -0.25) is 9.78 Å². The fraction of sp³-hybridized carbons (Fsp3) is 0.455. The third-order valence-electron chi connectivity index (χ3n) is 6.24. The summed E-state index contributed by atoms with van der Waals surface area (Å²) in [5, 5.41) is 3.32. The number of hydrogen-bond acceptors (Lipinski definition) is 3. The smallest absolute Gasteiger partial charge is 0.223 e. The standard InChI is InChI=1S/C22H27N3O.2ClH/c23-20-17-7-4-8-18(20)14-19(13-17)22(26)25-21(15-5-2-1-3-6-15)16-9-11-24-12-10-16;;/h1-3,5-6,9-12,17-21H,4,7-8,13-14,23H2,(H,25,26);2*1H. The Bertz CT molecular complexity index is 690. The van der Waals surface area contributed by atoms with Crippen molar-refractivity contribution in [1.82, 2.24) is 10.3 Å². The molecule has 2 bridgehead atoms. The van der Waals surface area contributed by atoms with Gasteiger partial charge in [0.25, 0.3) is 0 Å². The highest BCUT2D eigenvalue weighted by molar-refractivity contribution is 5.85. The minimum atomic E-state index is -0.137. The molecule has 4 nitrogen and oxygen atoms in total. The normalized spacial score (nSPS) is 26.9. The molecule has 2 fully saturated rings. The zero-order valence-electron chi connectivity index (χ0n) is 15.9. The maximum Gasteiger partial charge on any atom is 0.223 e. The molecule has 6 heteroatoms. The number of hydrogen-bond donors (Lipinski definition) is 2. The van der Waals surface area contributed by atoms with Gasteiger partial charge in [-0.25, -0.2) is 0 Å². The van der Waals surface area contributed by atoms with E-state index in [2.05, 4.69) is 22.4 Å². The molecule has 1 amide bonds. The molecule has 2 aliphatic rings. The van der Waals surface area contributed by atoms with Crippen LogP contribution < -0.4 is 11.1 Å². The predicted octanol–water partition coefficient (Wildman–Crippen LogP) is 4.28. The minimum Gasteiger partial charge on any atom is -0.345 e. The fourth-order valence-corrected chi connectivity index (χ4v) is 4.82. The topological polar surface area (TPSA) is 68.0 Å². The highest BCUT2D eigenvalue weighted by atomic mass is 35.5. The zero-order chi connectivity index (χ0) is 17.9. The number of fused-ring (bicyclic) bond motifs is 2. The Hall–Kier alpha value is -1.62. The lowest BCUT2D eigenvalue weighted by Crippen LogP contribution is -2.49. The molecule has 1 heterocycles. The average Bonchev–Trinajstić information content (AvgIpc) is 2.67. The third kappa shape index (κ3) is 4.86. The number of carbonyl (C=O) groups excluding carboxylic acids is 1. The summed E-state index contributed by atoms with van der Waals surface area (Å²) >= 11 is 0. The van der Waals surface area contributed by atoms with E-state index >= 15 is 0 Å². The van der Waals surface area contributed by atoms with Crippen molar-refractivity contribution in [3.8, 4) is 0 Å². The van der Waals surface area contributed by atoms with Crippen molar-refractivity contribution >= 4 is 30.7 Å². The van der Waals surface area contributed by atoms with Crippen LogP contribution in [0, 0.1) is 17.8 Å². The van der Waals surface area contributed by atoms with Gasteiger partial charge in [0.15, 0.2) is 0 Å². The Morgan fingerprint density at radius 1 is 0.964 bits per heavy atom. The Labute approximate surface area is 179 Å². The van der Waals surface area contributed by atoms with Gasteiger partial charge in [-0.2, -0.15) is 0 Å². The van der Waals surface area contributed by atoms with Gasteiger partial charge in [0.05, 0.1) is 6.04 Å². The number of amides is 1. The molecular formula is C22H29Cl2N3O. The second kappa shape index (κ2) is 10.2. The summed E-state index contributed by atoms with van der Waals surface area (Å²) in [6, 6.07) is 14.3. The van der Waals surface area contributed by atoms with Crippen molar-refractivity contribution in [3.63, 3.8) is 0 Å². The summed E-state index contributed by atoms with van der Waals surface area (Å²) in [5.74, 6) is 1.27. The van der Waals surface area contributed by atoms with E-state index in [1.54, 1.807) is 12.4 Å². The maximum absolute atomic E-state index is 13.1. The van der Waals surface area contributed by atoms with Crippen LogP contribution in [-0.4, -0.2) is 16.9 Å². The summed E-state index contributed by atoms with van der Waals surface area (Å²) in [6.45, 7) is 0. The first kappa shape index (κ1) is 22.7. The van der Waals surface area contributed by atoms with Crippen molar-refractivity contribution < 1.29 is 4.79 Å². The Kier molecular flexibility index (Phi) is 8.29. The molecule has 152 valence electrons. The molecular weight excluding hydrogens is 393 g/mol. The van der Waals surface area contributed by atoms with E-state index in [0.717, 1.165) is 24.0 Å². The van der Waals surface area contributed by atoms with Gasteiger partial charge in [-0.05, 0) is 60.8 Å². The van der Waals surface area contributed by atoms with Gasteiger partial charge < -0.3 is 11.1 Å². The summed E-state index contributed by atoms with van der Waals surface area (Å²) in [5.41, 5.74) is 8.55. The van der Waals surface area contributed by atoms with Crippen molar-refractivity contribution in [2.45, 2.75) is 44.2 Å². The third-order valence-corrected chi connectivity index (χ3v) is 6.24. The highest BCUT2D eigenvalue weighted by Gasteiger charge is 2.40. The number of rotatable bonds is 4. The molecule has 0 saturated heterocycles. The lowest BCUT2D eigenvalue weighted by molar-refractivity contribution is -0.128. The fourth-order valence-electron chi connectivity index (χ4n) is 4.82. The summed E-state index contributed by atoms with van der Waals surface area (Å²) in [7, 11) is 0. The van der Waals surface area contributed by atoms with E-state index in [1.807, 2.05) is 30.3 Å². The SMILES string of the molecule is Cl.Cl.NC1C2CCCC1CC(C(=O)NC(c1ccccc1)c1ccncc1)C2. The molecule has 3 N–H and O–H groups in total. The molecule has 2 saturated carbocycles. The molecule has 28 heavy (non-hydrogen) atoms. The first-order chi connectivity index (χ1) is 12.7. The van der Waals surface area contributed by atoms with Crippen LogP contribution in [0.1, 0.15) is 49.3 Å². The molecule has 1 aromatic carbocycles. The van der Waals surface area contributed by atoms with E-state index in [0.29, 0.717) is 11.8 Å². The molecule has 4 rings (SSSR count). The molecule has 0 aliphatic heterocycles. The highest BCUT2D eigenvalue weighted by Crippen LogP contribution is 2.42. The van der Waals surface area contributed by atoms with Gasteiger partial charge in [-0.1, -0.05) is 36.8 Å². The van der Waals surface area contributed by atoms with Gasteiger partial charge in [0.2, 0.25) is 5.91 Å². The summed E-state index contributed by atoms with van der Waals surface area (Å²) < 4.78 is 0. The van der Waals surface area contributed by atoms with E-state index < -0.39 is 0 Å². The van der Waals surface area contributed by atoms with E-state index in [-0.39, 0.29) is 48.7 Å². The molecule has 0 spiro atoms. The number of halogens is 2. The van der Waals surface area contributed by atoms with Crippen molar-refractivity contribution in [3.05, 3.63) is 66.0 Å². The largest absolute Gasteiger partial charge is 0.345 e. The van der Waals surface area contributed by atoms with Crippen LogP contribution in [0.5, 0.6) is 0 Å². The predicted molar refractivity (Wildman–Crippen MR) is 117 cm³/mol. The number of benzene rings is 1. The number of aromatic nitrogens is 1. The van der Waals surface area contributed by atoms with Crippen LogP contribution in [0.25, 0.3) is 0 Å². The van der Waals surface area contributed by atoms with Gasteiger partial charge in [-0.15, -0.1) is 24.8 Å². The Balaban J connectivity index is 0.00000140. The van der Waals surface area contributed by atoms with Crippen LogP contribution in [0.3, 0.4) is 0 Å². The quantitative estimate of drug-likeness (QED) is 0.773. The second-order valence-electron chi connectivity index (χ2n) is 7.83. The van der Waals surface area contributed by atoms with Crippen LogP contribution in [0.2, 0.25) is 0 Å². The first-order valence-corrected chi connectivity index (χ1v) is 9.73. The van der Waals surface area contributed by atoms with Gasteiger partial charge in [0, 0.05) is 24.4 Å². The number of nitrogens with two attached hydrogens (primary N) is 1. The van der Waals surface area contributed by atoms with Crippen molar-refractivity contribution in [2.75, 3.05) is 0 Å². The number of nitrogens with one attached hydrogen (secondary N) is 1. The van der Waals surface area contributed by atoms with Crippen molar-refractivity contribution in [2.24, 2.45) is 23.5 Å². The summed E-state index contributed by atoms with van der Waals surface area (Å²) in [6.07, 6.45) is 9.04. The molecule has 3 atom stereocenters. The van der Waals surface area contributed by atoms with Crippen molar-refractivity contribution in [1.29, 1.82) is 0 Å². The van der Waals surface area contributed by atoms with Crippen LogP contribution in [-0.2, 0) is 4.79 Å². The van der Waals surface area contributed by atoms with Gasteiger partial charge >= 0.3 is 0 Å². The van der Waals surface area contributed by atoms with Crippen LogP contribution >= 0.6 is 24.8 Å². The van der Waals surface area contributed by atoms with Gasteiger partial charge in [0.1, 0.15) is 0 Å². The first-order valence-electron chi connectivity index (χ1n) is 9.73. The molecule has 0 radical (unpaired) electrons. The zero-order valence-corrected chi connectivity index (χ0v) is 17.5. The van der Waals surface area contributed by atoms with Crippen LogP contribution in [0.15, 0.2) is 54.9 Å². The number of nitrogens with zero attached hydrogens (tertiary/aromatic N) is 1. The monoisotopic (exact) mass is 421 g/mol. The molecule has 1 aromatic heterocycles. The second-order valence-corrected chi connectivity index (χ2v) is 7.83. The minimum absolute atomic E-state index is 0. The van der Waals surface area contributed by atoms with E-state index in [9.17, 15) is 4.79 Å². The van der Waals surface area contributed by atoms with E-state index in [1.165, 1.54) is 19.3 Å². The maximum atomic E-state index is 13.1. The lowest BCUT2D eigenvalue weighted by atomic mass is 9.65. The Morgan fingerprint density at radius 3 is 2.14 bits per heavy atom. The van der Waals surface area contributed by atoms with E-state index in [4.69, 9.17) is 5.73 Å². The summed E-state index contributed by atoms with van der Waals surface area (Å²) in [4.78, 5) is 17.2. The molecule has 2 aliphatic carbocycles. The Morgan fingerprint density at radius 2 is 1.54 bits per heavy atom. The average molecular weight is 422 g/mol. The molecule has 2 aromatic rings. The van der Waals surface area contributed by atoms with Crippen LogP contribution in [0.4, 0.5) is 0 Å². The number of carbonyl (C=O) groups is 1. The lowest BCUT2D eigenvalue weighted by Gasteiger charge is -2.43.